The van der Waals surface area contributed by atoms with Crippen molar-refractivity contribution in [3.05, 3.63) is 209 Å². The minimum Gasteiger partial charge on any atom is -0.644 e. The molecule has 2 heterocycles. The molecule has 1 fully saturated rings. The molecule has 2 aliphatic rings. The van der Waals surface area contributed by atoms with E-state index >= 15 is 0 Å². The summed E-state index contributed by atoms with van der Waals surface area (Å²) in [5, 5.41) is 14.7. The number of aliphatic imine (C=N–C) groups is 1. The molecule has 0 spiro atoms. The van der Waals surface area contributed by atoms with Crippen molar-refractivity contribution in [1.29, 1.82) is 0 Å². The molecule has 0 bridgehead atoms. The highest BCUT2D eigenvalue weighted by Gasteiger charge is 2.36. The minimum atomic E-state index is -0.335. The monoisotopic (exact) mass is 657 g/mol. The van der Waals surface area contributed by atoms with Crippen molar-refractivity contribution in [1.82, 2.24) is 0 Å². The Hall–Kier alpha value is -6.39. The van der Waals surface area contributed by atoms with E-state index < -0.39 is 0 Å². The lowest BCUT2D eigenvalue weighted by atomic mass is 9.90. The van der Waals surface area contributed by atoms with Gasteiger partial charge in [-0.2, -0.15) is 0 Å². The van der Waals surface area contributed by atoms with Gasteiger partial charge in [-0.3, -0.25) is 0 Å². The molecule has 8 aromatic rings. The largest absolute Gasteiger partial charge is 0.644 e. The number of nitrogens with zero attached hydrogens (tertiary/aromatic N) is 2. The summed E-state index contributed by atoms with van der Waals surface area (Å²) in [6.45, 7) is 0. The van der Waals surface area contributed by atoms with E-state index in [0.717, 1.165) is 33.0 Å². The second-order valence-corrected chi connectivity index (χ2v) is 13.3. The number of hydrogen-bond donors (Lipinski definition) is 0. The maximum atomic E-state index is 6.89. The van der Waals surface area contributed by atoms with Crippen LogP contribution in [0.25, 0.3) is 48.4 Å². The van der Waals surface area contributed by atoms with Crippen LogP contribution in [0.5, 0.6) is 0 Å². The SMILES string of the molecule is C(/C1=N[C@@H](c2cccc3ccccc23)[C@H](c2cccc3ccccc23)O1)=C1\[N-][C@@H](c2cccc3ccccc23)[C@H](c2cccc3ccccc23)O1. The zero-order chi connectivity index (χ0) is 33.7. The van der Waals surface area contributed by atoms with Crippen LogP contribution in [0.15, 0.2) is 187 Å². The topological polar surface area (TPSA) is 44.9 Å². The molecule has 2 aliphatic heterocycles. The van der Waals surface area contributed by atoms with Crippen LogP contribution in [-0.4, -0.2) is 5.90 Å². The van der Waals surface area contributed by atoms with Gasteiger partial charge in [-0.05, 0) is 60.3 Å². The maximum Gasteiger partial charge on any atom is 0.211 e. The average molecular weight is 658 g/mol. The van der Waals surface area contributed by atoms with Crippen LogP contribution in [0.3, 0.4) is 0 Å². The van der Waals surface area contributed by atoms with Crippen molar-refractivity contribution in [3.8, 4) is 0 Å². The fraction of sp³-hybridized carbons (Fsp3) is 0.0851. The average Bonchev–Trinajstić information content (AvgIpc) is 3.81. The third-order valence-corrected chi connectivity index (χ3v) is 10.4. The van der Waals surface area contributed by atoms with Crippen LogP contribution >= 0.6 is 0 Å². The lowest BCUT2D eigenvalue weighted by Crippen LogP contribution is -2.09. The van der Waals surface area contributed by atoms with Crippen molar-refractivity contribution in [2.75, 3.05) is 0 Å². The van der Waals surface area contributed by atoms with Crippen molar-refractivity contribution in [2.24, 2.45) is 4.99 Å². The number of ether oxygens (including phenoxy) is 2. The van der Waals surface area contributed by atoms with Gasteiger partial charge < -0.3 is 14.8 Å². The molecule has 4 heteroatoms. The lowest BCUT2D eigenvalue weighted by Gasteiger charge is -2.28. The third-order valence-electron chi connectivity index (χ3n) is 10.4. The van der Waals surface area contributed by atoms with Gasteiger partial charge in [0.2, 0.25) is 5.90 Å². The van der Waals surface area contributed by atoms with Crippen LogP contribution in [0.4, 0.5) is 0 Å². The van der Waals surface area contributed by atoms with Crippen molar-refractivity contribution in [3.63, 3.8) is 0 Å². The quantitative estimate of drug-likeness (QED) is 0.185. The van der Waals surface area contributed by atoms with Crippen LogP contribution in [0.2, 0.25) is 0 Å². The van der Waals surface area contributed by atoms with E-state index in [9.17, 15) is 0 Å². The van der Waals surface area contributed by atoms with E-state index in [1.54, 1.807) is 0 Å². The fourth-order valence-corrected chi connectivity index (χ4v) is 8.05. The predicted molar refractivity (Wildman–Crippen MR) is 208 cm³/mol. The smallest absolute Gasteiger partial charge is 0.211 e. The molecule has 8 aromatic carbocycles. The Morgan fingerprint density at radius 3 is 1.37 bits per heavy atom. The van der Waals surface area contributed by atoms with Gasteiger partial charge in [0.1, 0.15) is 12.1 Å². The third kappa shape index (κ3) is 5.11. The van der Waals surface area contributed by atoms with E-state index in [2.05, 4.69) is 170 Å². The zero-order valence-electron chi connectivity index (χ0n) is 27.8. The highest BCUT2D eigenvalue weighted by Crippen LogP contribution is 2.52. The molecule has 0 amide bonds. The summed E-state index contributed by atoms with van der Waals surface area (Å²) in [5.41, 5.74) is 4.47. The summed E-state index contributed by atoms with van der Waals surface area (Å²) in [7, 11) is 0. The maximum absolute atomic E-state index is 6.89. The van der Waals surface area contributed by atoms with E-state index in [1.165, 1.54) is 32.3 Å². The van der Waals surface area contributed by atoms with Gasteiger partial charge in [0.15, 0.2) is 6.10 Å². The molecule has 4 nitrogen and oxygen atoms in total. The number of benzene rings is 8. The van der Waals surface area contributed by atoms with Crippen molar-refractivity contribution >= 4 is 49.0 Å². The summed E-state index contributed by atoms with van der Waals surface area (Å²) in [6.07, 6.45) is 1.22. The normalized spacial score (nSPS) is 20.8. The fourth-order valence-electron chi connectivity index (χ4n) is 8.05. The second kappa shape index (κ2) is 12.2. The van der Waals surface area contributed by atoms with Gasteiger partial charge in [0.05, 0.1) is 0 Å². The molecule has 0 unspecified atom stereocenters. The Morgan fingerprint density at radius 1 is 0.412 bits per heavy atom. The summed E-state index contributed by atoms with van der Waals surface area (Å²) < 4.78 is 13.8. The minimum absolute atomic E-state index is 0.266. The molecular weight excluding hydrogens is 625 g/mol. The first-order chi connectivity index (χ1) is 25.3. The van der Waals surface area contributed by atoms with Gasteiger partial charge in [0, 0.05) is 17.5 Å². The lowest BCUT2D eigenvalue weighted by molar-refractivity contribution is 0.152. The summed E-state index contributed by atoms with van der Waals surface area (Å²) in [4.78, 5) is 5.31. The van der Waals surface area contributed by atoms with Crippen molar-refractivity contribution < 1.29 is 9.47 Å². The summed E-state index contributed by atoms with van der Waals surface area (Å²) in [6, 6.07) is 59.2. The molecule has 4 atom stereocenters. The molecule has 0 radical (unpaired) electrons. The van der Waals surface area contributed by atoms with Crippen LogP contribution in [0, 0.1) is 0 Å². The summed E-state index contributed by atoms with van der Waals surface area (Å²) in [5.74, 6) is 1.03. The van der Waals surface area contributed by atoms with Crippen LogP contribution in [0.1, 0.15) is 46.5 Å². The summed E-state index contributed by atoms with van der Waals surface area (Å²) >= 11 is 0. The first kappa shape index (κ1) is 29.5. The predicted octanol–water partition coefficient (Wildman–Crippen LogP) is 12.2. The highest BCUT2D eigenvalue weighted by molar-refractivity contribution is 5.94. The number of fused-ring (bicyclic) bond motifs is 4. The van der Waals surface area contributed by atoms with Crippen molar-refractivity contribution in [2.45, 2.75) is 24.3 Å². The van der Waals surface area contributed by atoms with E-state index in [0.29, 0.717) is 11.8 Å². The van der Waals surface area contributed by atoms with Crippen LogP contribution in [-0.2, 0) is 9.47 Å². The van der Waals surface area contributed by atoms with Gasteiger partial charge in [0.25, 0.3) is 0 Å². The zero-order valence-corrected chi connectivity index (χ0v) is 27.8. The molecule has 0 aromatic heterocycles. The first-order valence-electron chi connectivity index (χ1n) is 17.5. The first-order valence-corrected chi connectivity index (χ1v) is 17.5. The Kier molecular flexibility index (Phi) is 7.05. The molecule has 10 rings (SSSR count). The Bertz CT molecular complexity index is 2570. The van der Waals surface area contributed by atoms with E-state index in [4.69, 9.17) is 19.8 Å². The van der Waals surface area contributed by atoms with E-state index in [1.807, 2.05) is 6.08 Å². The van der Waals surface area contributed by atoms with Gasteiger partial charge in [-0.15, -0.1) is 0 Å². The highest BCUT2D eigenvalue weighted by atomic mass is 16.5. The Labute approximate surface area is 296 Å². The van der Waals surface area contributed by atoms with Crippen LogP contribution < -0.4 is 0 Å². The molecule has 0 N–H and O–H groups in total. The van der Waals surface area contributed by atoms with Gasteiger partial charge in [-0.25, -0.2) is 4.99 Å². The molecule has 51 heavy (non-hydrogen) atoms. The molecule has 244 valence electrons. The Morgan fingerprint density at radius 2 is 0.824 bits per heavy atom. The molecule has 0 aliphatic carbocycles. The molecular formula is C47H33N2O2-. The second-order valence-electron chi connectivity index (χ2n) is 13.3. The van der Waals surface area contributed by atoms with Gasteiger partial charge >= 0.3 is 0 Å². The standard InChI is InChI=1S/C47H33N2O2/c1-5-21-34-30(13-1)17-9-25-38(34)44-46(40-27-11-19-32-15-3-7-23-36(32)40)50-42(48-44)29-43-49-45(39-26-10-18-31-14-2-6-22-35(31)39)47(51-43)41-28-12-20-33-16-4-8-24-37(33)41/h1-29,44-47H/q-1/b42-29-/t44-,45-,46-,47-/m0/s1. The molecule has 1 saturated heterocycles. The van der Waals surface area contributed by atoms with E-state index in [-0.39, 0.29) is 24.3 Å². The Balaban J connectivity index is 1.10. The molecule has 0 saturated carbocycles. The number of hydrogen-bond acceptors (Lipinski definition) is 3. The van der Waals surface area contributed by atoms with Gasteiger partial charge in [-0.1, -0.05) is 175 Å². The number of rotatable bonds is 5.